The summed E-state index contributed by atoms with van der Waals surface area (Å²) < 4.78 is 0. The van der Waals surface area contributed by atoms with Crippen molar-refractivity contribution in [3.8, 4) is 0 Å². The Morgan fingerprint density at radius 2 is 2.30 bits per heavy atom. The molecule has 2 aromatic heterocycles. The van der Waals surface area contributed by atoms with E-state index in [0.29, 0.717) is 34.3 Å². The van der Waals surface area contributed by atoms with Gasteiger partial charge in [0.05, 0.1) is 17.4 Å². The second kappa shape index (κ2) is 5.74. The van der Waals surface area contributed by atoms with Crippen molar-refractivity contribution in [3.05, 3.63) is 61.3 Å². The summed E-state index contributed by atoms with van der Waals surface area (Å²) in [4.78, 5) is 23.6. The molecule has 3 aromatic rings. The Kier molecular flexibility index (Phi) is 3.71. The maximum absolute atomic E-state index is 12.2. The molecule has 0 amide bonds. The van der Waals surface area contributed by atoms with Crippen LogP contribution in [0.15, 0.2) is 34.4 Å². The number of nitrogens with one attached hydrogen (secondary N) is 1. The van der Waals surface area contributed by atoms with E-state index >= 15 is 0 Å². The minimum absolute atomic E-state index is 0.109. The minimum Gasteiger partial charge on any atom is -0.309 e. The molecule has 0 spiro atoms. The molecule has 0 bridgehead atoms. The summed E-state index contributed by atoms with van der Waals surface area (Å²) in [5.74, 6) is 0.690. The molecule has 4 rings (SSSR count). The zero-order valence-corrected chi connectivity index (χ0v) is 14.2. The van der Waals surface area contributed by atoms with Gasteiger partial charge in [-0.2, -0.15) is 0 Å². The molecule has 1 N–H and O–H groups in total. The van der Waals surface area contributed by atoms with Crippen molar-refractivity contribution in [2.45, 2.75) is 25.9 Å². The highest BCUT2D eigenvalue weighted by Gasteiger charge is 2.25. The smallest absolute Gasteiger partial charge is 0.258 e. The van der Waals surface area contributed by atoms with Crippen molar-refractivity contribution in [1.82, 2.24) is 14.9 Å². The van der Waals surface area contributed by atoms with Crippen LogP contribution in [0.25, 0.3) is 10.9 Å². The average Bonchev–Trinajstić information content (AvgIpc) is 2.99. The summed E-state index contributed by atoms with van der Waals surface area (Å²) in [6.07, 6.45) is 1.06. The fourth-order valence-electron chi connectivity index (χ4n) is 3.21. The predicted molar refractivity (Wildman–Crippen MR) is 94.2 cm³/mol. The molecule has 0 saturated heterocycles. The third kappa shape index (κ3) is 2.69. The summed E-state index contributed by atoms with van der Waals surface area (Å²) >= 11 is 7.85. The molecule has 4 nitrogen and oxygen atoms in total. The molecular formula is C17H16ClN3OS. The molecule has 23 heavy (non-hydrogen) atoms. The van der Waals surface area contributed by atoms with Gasteiger partial charge in [-0.05, 0) is 48.6 Å². The third-order valence-electron chi connectivity index (χ3n) is 4.47. The van der Waals surface area contributed by atoms with Gasteiger partial charge in [-0.15, -0.1) is 11.3 Å². The molecule has 1 atom stereocenters. The van der Waals surface area contributed by atoms with Gasteiger partial charge in [0.25, 0.3) is 5.56 Å². The van der Waals surface area contributed by atoms with Crippen molar-refractivity contribution in [2.24, 2.45) is 0 Å². The molecule has 0 aliphatic carbocycles. The number of hydrogen-bond acceptors (Lipinski definition) is 4. The molecule has 0 unspecified atom stereocenters. The van der Waals surface area contributed by atoms with Gasteiger partial charge < -0.3 is 4.98 Å². The highest BCUT2D eigenvalue weighted by atomic mass is 35.5. The Morgan fingerprint density at radius 3 is 3.17 bits per heavy atom. The average molecular weight is 346 g/mol. The van der Waals surface area contributed by atoms with Crippen LogP contribution >= 0.6 is 22.9 Å². The SMILES string of the molecule is C[C@@H]1c2ccsc2CCN1Cc1nc2cc(Cl)ccc2c(=O)[nH]1. The van der Waals surface area contributed by atoms with E-state index < -0.39 is 0 Å². The van der Waals surface area contributed by atoms with Crippen LogP contribution in [0.5, 0.6) is 0 Å². The maximum Gasteiger partial charge on any atom is 0.258 e. The fraction of sp³-hybridized carbons (Fsp3) is 0.294. The number of H-pyrrole nitrogens is 1. The van der Waals surface area contributed by atoms with Gasteiger partial charge in [-0.1, -0.05) is 11.6 Å². The lowest BCUT2D eigenvalue weighted by Crippen LogP contribution is -2.33. The number of benzene rings is 1. The maximum atomic E-state index is 12.2. The van der Waals surface area contributed by atoms with Crippen molar-refractivity contribution in [3.63, 3.8) is 0 Å². The summed E-state index contributed by atoms with van der Waals surface area (Å²) in [7, 11) is 0. The summed E-state index contributed by atoms with van der Waals surface area (Å²) in [6, 6.07) is 7.71. The van der Waals surface area contributed by atoms with E-state index in [1.807, 2.05) is 11.3 Å². The monoisotopic (exact) mass is 345 g/mol. The Bertz CT molecular complexity index is 933. The molecule has 1 aromatic carbocycles. The first-order chi connectivity index (χ1) is 11.1. The molecule has 1 aliphatic heterocycles. The molecule has 118 valence electrons. The van der Waals surface area contributed by atoms with Crippen LogP contribution in [-0.4, -0.2) is 21.4 Å². The Labute approximate surface area is 142 Å². The van der Waals surface area contributed by atoms with Crippen LogP contribution in [0, 0.1) is 0 Å². The lowest BCUT2D eigenvalue weighted by Gasteiger charge is -2.33. The van der Waals surface area contributed by atoms with Gasteiger partial charge in [0.15, 0.2) is 0 Å². The number of hydrogen-bond donors (Lipinski definition) is 1. The largest absolute Gasteiger partial charge is 0.309 e. The van der Waals surface area contributed by atoms with Crippen LogP contribution in [0.2, 0.25) is 5.02 Å². The zero-order chi connectivity index (χ0) is 16.0. The minimum atomic E-state index is -0.109. The van der Waals surface area contributed by atoms with Crippen molar-refractivity contribution >= 4 is 33.8 Å². The van der Waals surface area contributed by atoms with Crippen LogP contribution in [0.4, 0.5) is 0 Å². The quantitative estimate of drug-likeness (QED) is 0.769. The number of aromatic amines is 1. The van der Waals surface area contributed by atoms with Gasteiger partial charge in [0, 0.05) is 22.5 Å². The molecule has 6 heteroatoms. The standard InChI is InChI=1S/C17H16ClN3OS/c1-10-12-5-7-23-15(12)4-6-21(10)9-16-19-14-8-11(18)2-3-13(14)17(22)20-16/h2-3,5,7-8,10H,4,6,9H2,1H3,(H,19,20,22)/t10-/m1/s1. The number of nitrogens with zero attached hydrogens (tertiary/aromatic N) is 2. The van der Waals surface area contributed by atoms with Gasteiger partial charge >= 0.3 is 0 Å². The first kappa shape index (κ1) is 14.9. The molecule has 3 heterocycles. The number of halogens is 1. The summed E-state index contributed by atoms with van der Waals surface area (Å²) in [5.41, 5.74) is 1.94. The Balaban J connectivity index is 1.67. The van der Waals surface area contributed by atoms with Gasteiger partial charge in [0.1, 0.15) is 5.82 Å². The van der Waals surface area contributed by atoms with Crippen LogP contribution in [-0.2, 0) is 13.0 Å². The van der Waals surface area contributed by atoms with Gasteiger partial charge in [0.2, 0.25) is 0 Å². The van der Waals surface area contributed by atoms with E-state index in [4.69, 9.17) is 11.6 Å². The summed E-state index contributed by atoms with van der Waals surface area (Å²) in [5, 5.41) is 3.32. The molecule has 0 fully saturated rings. The molecule has 0 saturated carbocycles. The highest BCUT2D eigenvalue weighted by Crippen LogP contribution is 2.33. The van der Waals surface area contributed by atoms with Crippen molar-refractivity contribution in [2.75, 3.05) is 6.54 Å². The molecular weight excluding hydrogens is 330 g/mol. The van der Waals surface area contributed by atoms with Gasteiger partial charge in [-0.25, -0.2) is 4.98 Å². The lowest BCUT2D eigenvalue weighted by atomic mass is 10.0. The van der Waals surface area contributed by atoms with E-state index in [1.165, 1.54) is 10.4 Å². The normalized spacial score (nSPS) is 18.3. The first-order valence-electron chi connectivity index (χ1n) is 7.60. The number of rotatable bonds is 2. The highest BCUT2D eigenvalue weighted by molar-refractivity contribution is 7.10. The van der Waals surface area contributed by atoms with Gasteiger partial charge in [-0.3, -0.25) is 9.69 Å². The Morgan fingerprint density at radius 1 is 1.43 bits per heavy atom. The lowest BCUT2D eigenvalue weighted by molar-refractivity contribution is 0.186. The second-order valence-electron chi connectivity index (χ2n) is 5.87. The fourth-order valence-corrected chi connectivity index (χ4v) is 4.33. The van der Waals surface area contributed by atoms with E-state index in [9.17, 15) is 4.79 Å². The Hall–Kier alpha value is -1.69. The van der Waals surface area contributed by atoms with Crippen LogP contribution in [0.1, 0.15) is 29.2 Å². The number of thiophene rings is 1. The molecule has 0 radical (unpaired) electrons. The van der Waals surface area contributed by atoms with E-state index in [2.05, 4.69) is 33.2 Å². The first-order valence-corrected chi connectivity index (χ1v) is 8.86. The molecule has 1 aliphatic rings. The predicted octanol–water partition coefficient (Wildman–Crippen LogP) is 3.76. The second-order valence-corrected chi connectivity index (χ2v) is 7.31. The van der Waals surface area contributed by atoms with Crippen molar-refractivity contribution < 1.29 is 0 Å². The third-order valence-corrected chi connectivity index (χ3v) is 5.71. The van der Waals surface area contributed by atoms with Crippen LogP contribution < -0.4 is 5.56 Å². The van der Waals surface area contributed by atoms with E-state index in [-0.39, 0.29) is 5.56 Å². The number of aromatic nitrogens is 2. The summed E-state index contributed by atoms with van der Waals surface area (Å²) in [6.45, 7) is 3.82. The topological polar surface area (TPSA) is 49.0 Å². The van der Waals surface area contributed by atoms with E-state index in [0.717, 1.165) is 13.0 Å². The number of fused-ring (bicyclic) bond motifs is 2. The van der Waals surface area contributed by atoms with Crippen molar-refractivity contribution in [1.29, 1.82) is 0 Å². The zero-order valence-electron chi connectivity index (χ0n) is 12.7. The van der Waals surface area contributed by atoms with E-state index in [1.54, 1.807) is 18.2 Å². The van der Waals surface area contributed by atoms with Crippen LogP contribution in [0.3, 0.4) is 0 Å².